The Balaban J connectivity index is 2.81. The van der Waals surface area contributed by atoms with Crippen LogP contribution in [0.3, 0.4) is 0 Å². The summed E-state index contributed by atoms with van der Waals surface area (Å²) in [6, 6.07) is 6.19. The molecule has 1 rings (SSSR count). The van der Waals surface area contributed by atoms with Crippen LogP contribution in [0.2, 0.25) is 5.02 Å². The quantitative estimate of drug-likeness (QED) is 0.835. The molecule has 2 nitrogen and oxygen atoms in total. The summed E-state index contributed by atoms with van der Waals surface area (Å²) in [6.07, 6.45) is 0. The van der Waals surface area contributed by atoms with E-state index in [-0.39, 0.29) is 6.04 Å². The van der Waals surface area contributed by atoms with E-state index in [1.807, 2.05) is 26.1 Å². The summed E-state index contributed by atoms with van der Waals surface area (Å²) in [5, 5.41) is 4.03. The molecule has 15 heavy (non-hydrogen) atoms. The highest BCUT2D eigenvalue weighted by atomic mass is 35.5. The highest BCUT2D eigenvalue weighted by Gasteiger charge is 2.11. The third-order valence-corrected chi connectivity index (χ3v) is 2.68. The van der Waals surface area contributed by atoms with Crippen LogP contribution in [0.4, 0.5) is 0 Å². The number of rotatable bonds is 5. The van der Waals surface area contributed by atoms with E-state index in [2.05, 4.69) is 18.3 Å². The fourth-order valence-corrected chi connectivity index (χ4v) is 1.82. The predicted molar refractivity (Wildman–Crippen MR) is 64.5 cm³/mol. The van der Waals surface area contributed by atoms with Gasteiger partial charge in [-0.05, 0) is 44.2 Å². The Morgan fingerprint density at radius 2 is 2.20 bits per heavy atom. The summed E-state index contributed by atoms with van der Waals surface area (Å²) in [5.74, 6) is 0. The maximum Gasteiger partial charge on any atom is 0.0661 e. The molecule has 1 N–H and O–H groups in total. The van der Waals surface area contributed by atoms with Crippen LogP contribution in [0.25, 0.3) is 0 Å². The first-order valence-electron chi connectivity index (χ1n) is 5.20. The predicted octanol–water partition coefficient (Wildman–Crippen LogP) is 2.95. The topological polar surface area (TPSA) is 21.3 Å². The van der Waals surface area contributed by atoms with Gasteiger partial charge in [0.25, 0.3) is 0 Å². The molecule has 1 aromatic carbocycles. The first-order valence-corrected chi connectivity index (χ1v) is 5.58. The van der Waals surface area contributed by atoms with Gasteiger partial charge in [-0.3, -0.25) is 0 Å². The number of hydrogen-bond donors (Lipinski definition) is 1. The minimum Gasteiger partial charge on any atom is -0.380 e. The second-order valence-corrected chi connectivity index (χ2v) is 3.94. The van der Waals surface area contributed by atoms with E-state index in [0.29, 0.717) is 6.61 Å². The largest absolute Gasteiger partial charge is 0.380 e. The maximum atomic E-state index is 5.92. The van der Waals surface area contributed by atoms with E-state index < -0.39 is 0 Å². The average molecular weight is 228 g/mol. The molecule has 0 aliphatic carbocycles. The number of hydrogen-bond acceptors (Lipinski definition) is 2. The molecule has 0 fully saturated rings. The zero-order valence-corrected chi connectivity index (χ0v) is 10.3. The van der Waals surface area contributed by atoms with Gasteiger partial charge in [-0.25, -0.2) is 0 Å². The van der Waals surface area contributed by atoms with Crippen LogP contribution in [-0.2, 0) is 4.74 Å². The van der Waals surface area contributed by atoms with Gasteiger partial charge >= 0.3 is 0 Å². The van der Waals surface area contributed by atoms with Crippen LogP contribution < -0.4 is 5.32 Å². The van der Waals surface area contributed by atoms with Gasteiger partial charge < -0.3 is 10.1 Å². The first-order chi connectivity index (χ1) is 7.19. The van der Waals surface area contributed by atoms with Gasteiger partial charge in [-0.1, -0.05) is 17.7 Å². The molecule has 0 saturated heterocycles. The Morgan fingerprint density at radius 1 is 1.47 bits per heavy atom. The minimum absolute atomic E-state index is 0.238. The Labute approximate surface area is 96.6 Å². The highest BCUT2D eigenvalue weighted by Crippen LogP contribution is 2.21. The minimum atomic E-state index is 0.238. The zero-order valence-electron chi connectivity index (χ0n) is 9.51. The highest BCUT2D eigenvalue weighted by molar-refractivity contribution is 6.30. The van der Waals surface area contributed by atoms with Crippen molar-refractivity contribution >= 4 is 11.6 Å². The summed E-state index contributed by atoms with van der Waals surface area (Å²) in [4.78, 5) is 0. The number of benzene rings is 1. The summed E-state index contributed by atoms with van der Waals surface area (Å²) in [6.45, 7) is 5.50. The van der Waals surface area contributed by atoms with Crippen LogP contribution >= 0.6 is 11.6 Å². The molecule has 0 saturated carbocycles. The smallest absolute Gasteiger partial charge is 0.0661 e. The number of halogens is 1. The molecule has 0 aliphatic rings. The number of ether oxygens (including phenoxy) is 1. The molecular weight excluding hydrogens is 210 g/mol. The van der Waals surface area contributed by atoms with Gasteiger partial charge in [0.15, 0.2) is 0 Å². The molecule has 1 unspecified atom stereocenters. The molecular formula is C12H18ClNO. The normalized spacial score (nSPS) is 12.8. The first kappa shape index (κ1) is 12.5. The molecule has 0 spiro atoms. The number of nitrogens with one attached hydrogen (secondary N) is 1. The van der Waals surface area contributed by atoms with Gasteiger partial charge in [0, 0.05) is 11.6 Å². The molecule has 1 atom stereocenters. The van der Waals surface area contributed by atoms with Crippen molar-refractivity contribution < 1.29 is 4.74 Å². The second kappa shape index (κ2) is 6.11. The molecule has 0 amide bonds. The van der Waals surface area contributed by atoms with E-state index in [1.54, 1.807) is 0 Å². The SMILES string of the molecule is CCOCC(NC)c1ccc(Cl)cc1C. The lowest BCUT2D eigenvalue weighted by atomic mass is 10.0. The van der Waals surface area contributed by atoms with Gasteiger partial charge in [0.05, 0.1) is 12.6 Å². The van der Waals surface area contributed by atoms with E-state index in [4.69, 9.17) is 16.3 Å². The van der Waals surface area contributed by atoms with Gasteiger partial charge in [-0.15, -0.1) is 0 Å². The third-order valence-electron chi connectivity index (χ3n) is 2.44. The molecule has 0 heterocycles. The van der Waals surface area contributed by atoms with Crippen molar-refractivity contribution in [3.63, 3.8) is 0 Å². The lowest BCUT2D eigenvalue weighted by molar-refractivity contribution is 0.125. The standard InChI is InChI=1S/C12H18ClNO/c1-4-15-8-12(14-3)11-6-5-10(13)7-9(11)2/h5-7,12,14H,4,8H2,1-3H3. The molecule has 1 aromatic rings. The zero-order chi connectivity index (χ0) is 11.3. The Hall–Kier alpha value is -0.570. The summed E-state index contributed by atoms with van der Waals surface area (Å²) >= 11 is 5.92. The van der Waals surface area contributed by atoms with Crippen LogP contribution in [0.5, 0.6) is 0 Å². The summed E-state index contributed by atoms with van der Waals surface area (Å²) in [5.41, 5.74) is 2.44. The van der Waals surface area contributed by atoms with Gasteiger partial charge in [0.2, 0.25) is 0 Å². The summed E-state index contributed by atoms with van der Waals surface area (Å²) in [7, 11) is 1.94. The Bertz CT molecular complexity index is 314. The van der Waals surface area contributed by atoms with Crippen molar-refractivity contribution in [2.75, 3.05) is 20.3 Å². The van der Waals surface area contributed by atoms with Crippen molar-refractivity contribution in [2.45, 2.75) is 19.9 Å². The molecule has 0 bridgehead atoms. The average Bonchev–Trinajstić information content (AvgIpc) is 2.21. The Morgan fingerprint density at radius 3 is 2.73 bits per heavy atom. The molecule has 84 valence electrons. The van der Waals surface area contributed by atoms with E-state index in [0.717, 1.165) is 11.6 Å². The van der Waals surface area contributed by atoms with Crippen molar-refractivity contribution in [1.82, 2.24) is 5.32 Å². The fourth-order valence-electron chi connectivity index (χ4n) is 1.59. The van der Waals surface area contributed by atoms with Crippen LogP contribution in [-0.4, -0.2) is 20.3 Å². The molecule has 0 aliphatic heterocycles. The second-order valence-electron chi connectivity index (χ2n) is 3.50. The van der Waals surface area contributed by atoms with E-state index >= 15 is 0 Å². The number of likely N-dealkylation sites (N-methyl/N-ethyl adjacent to an activating group) is 1. The molecule has 0 radical (unpaired) electrons. The van der Waals surface area contributed by atoms with Crippen LogP contribution in [0, 0.1) is 6.92 Å². The lowest BCUT2D eigenvalue weighted by Crippen LogP contribution is -2.22. The lowest BCUT2D eigenvalue weighted by Gasteiger charge is -2.18. The van der Waals surface area contributed by atoms with Crippen molar-refractivity contribution in [3.05, 3.63) is 34.3 Å². The fraction of sp³-hybridized carbons (Fsp3) is 0.500. The third kappa shape index (κ3) is 3.49. The summed E-state index contributed by atoms with van der Waals surface area (Å²) < 4.78 is 5.43. The van der Waals surface area contributed by atoms with E-state index in [9.17, 15) is 0 Å². The monoisotopic (exact) mass is 227 g/mol. The molecule has 3 heteroatoms. The van der Waals surface area contributed by atoms with E-state index in [1.165, 1.54) is 11.1 Å². The van der Waals surface area contributed by atoms with Crippen molar-refractivity contribution in [2.24, 2.45) is 0 Å². The number of aryl methyl sites for hydroxylation is 1. The van der Waals surface area contributed by atoms with Crippen molar-refractivity contribution in [3.8, 4) is 0 Å². The van der Waals surface area contributed by atoms with Gasteiger partial charge in [-0.2, -0.15) is 0 Å². The van der Waals surface area contributed by atoms with Crippen LogP contribution in [0.15, 0.2) is 18.2 Å². The van der Waals surface area contributed by atoms with Crippen molar-refractivity contribution in [1.29, 1.82) is 0 Å². The van der Waals surface area contributed by atoms with Crippen LogP contribution in [0.1, 0.15) is 24.1 Å². The van der Waals surface area contributed by atoms with Gasteiger partial charge in [0.1, 0.15) is 0 Å². The molecule has 0 aromatic heterocycles. The Kier molecular flexibility index (Phi) is 5.09. The maximum absolute atomic E-state index is 5.92.